The number of rotatable bonds is 4. The van der Waals surface area contributed by atoms with Gasteiger partial charge in [0.2, 0.25) is 0 Å². The van der Waals surface area contributed by atoms with Gasteiger partial charge in [-0.1, -0.05) is 0 Å². The van der Waals surface area contributed by atoms with Crippen LogP contribution in [0.5, 0.6) is 0 Å². The molecular formula is C8H17Cl2NO. The lowest BCUT2D eigenvalue weighted by Gasteiger charge is -2.03. The topological polar surface area (TPSA) is 15.8 Å². The van der Waals surface area contributed by atoms with E-state index < -0.39 is 0 Å². The second kappa shape index (κ2) is 8.11. The number of nitrogens with zero attached hydrogens (tertiary/aromatic N) is 1. The molecule has 1 atom stereocenters. The van der Waals surface area contributed by atoms with Crippen LogP contribution in [-0.2, 0) is 4.74 Å². The zero-order chi connectivity index (χ0) is 9.40. The maximum absolute atomic E-state index is 5.22. The fourth-order valence-electron chi connectivity index (χ4n) is 0.631. The molecule has 1 unspecified atom stereocenters. The third-order valence-electron chi connectivity index (χ3n) is 1.24. The van der Waals surface area contributed by atoms with Crippen LogP contribution in [0, 0.1) is 0 Å². The van der Waals surface area contributed by atoms with Crippen LogP contribution in [0.3, 0.4) is 0 Å². The molecule has 1 rings (SSSR count). The van der Waals surface area contributed by atoms with E-state index in [1.807, 2.05) is 0 Å². The van der Waals surface area contributed by atoms with Gasteiger partial charge in [0.1, 0.15) is 0 Å². The lowest BCUT2D eigenvalue weighted by molar-refractivity contribution is 0.323. The number of halogens is 2. The van der Waals surface area contributed by atoms with Gasteiger partial charge in [0.25, 0.3) is 0 Å². The van der Waals surface area contributed by atoms with Crippen LogP contribution >= 0.6 is 23.2 Å². The highest BCUT2D eigenvalue weighted by Crippen LogP contribution is 2.07. The van der Waals surface area contributed by atoms with Crippen molar-refractivity contribution >= 4 is 23.2 Å². The first-order valence-corrected chi connectivity index (χ1v) is 5.16. The predicted octanol–water partition coefficient (Wildman–Crippen LogP) is 1.80. The minimum absolute atomic E-state index is 0.551. The molecule has 74 valence electrons. The first-order valence-electron chi connectivity index (χ1n) is 4.09. The lowest BCUT2D eigenvalue weighted by Crippen LogP contribution is -2.17. The van der Waals surface area contributed by atoms with Gasteiger partial charge in [0.05, 0.1) is 12.7 Å². The van der Waals surface area contributed by atoms with E-state index in [0.29, 0.717) is 17.9 Å². The van der Waals surface area contributed by atoms with Crippen LogP contribution in [0.1, 0.15) is 6.42 Å². The van der Waals surface area contributed by atoms with Crippen molar-refractivity contribution in [3.8, 4) is 0 Å². The van der Waals surface area contributed by atoms with Crippen LogP contribution in [0.25, 0.3) is 0 Å². The van der Waals surface area contributed by atoms with Gasteiger partial charge in [-0.05, 0) is 20.5 Å². The standard InChI is InChI=1S/C5H11NO.C3H6Cl2/c1-6(2)3-5-4-7-5;4-2-1-3-5/h5H,3-4H2,1-2H3;1-3H2. The van der Waals surface area contributed by atoms with E-state index in [0.717, 1.165) is 19.6 Å². The average molecular weight is 214 g/mol. The van der Waals surface area contributed by atoms with Crippen molar-refractivity contribution in [2.45, 2.75) is 12.5 Å². The molecule has 0 aliphatic carbocycles. The monoisotopic (exact) mass is 213 g/mol. The molecule has 0 aromatic carbocycles. The van der Waals surface area contributed by atoms with Gasteiger partial charge in [-0.3, -0.25) is 0 Å². The summed E-state index contributed by atoms with van der Waals surface area (Å²) in [4.78, 5) is 2.14. The molecule has 12 heavy (non-hydrogen) atoms. The molecule has 0 spiro atoms. The second-order valence-corrected chi connectivity index (χ2v) is 3.71. The number of hydrogen-bond acceptors (Lipinski definition) is 2. The van der Waals surface area contributed by atoms with E-state index in [2.05, 4.69) is 19.0 Å². The molecule has 1 fully saturated rings. The summed E-state index contributed by atoms with van der Waals surface area (Å²) in [6.07, 6.45) is 1.47. The third kappa shape index (κ3) is 10.5. The van der Waals surface area contributed by atoms with E-state index in [1.54, 1.807) is 0 Å². The van der Waals surface area contributed by atoms with Gasteiger partial charge in [-0.15, -0.1) is 23.2 Å². The molecule has 2 nitrogen and oxygen atoms in total. The second-order valence-electron chi connectivity index (χ2n) is 2.95. The summed E-state index contributed by atoms with van der Waals surface area (Å²) in [5.74, 6) is 1.37. The summed E-state index contributed by atoms with van der Waals surface area (Å²) >= 11 is 10.4. The van der Waals surface area contributed by atoms with Crippen LogP contribution in [0.2, 0.25) is 0 Å². The van der Waals surface area contributed by atoms with Crippen molar-refractivity contribution in [2.75, 3.05) is 39.0 Å². The first kappa shape index (κ1) is 12.5. The summed E-state index contributed by atoms with van der Waals surface area (Å²) < 4.78 is 4.98. The molecule has 1 aliphatic rings. The molecule has 0 radical (unpaired) electrons. The zero-order valence-corrected chi connectivity index (χ0v) is 9.24. The Kier molecular flexibility index (Phi) is 8.45. The smallest absolute Gasteiger partial charge is 0.0936 e. The predicted molar refractivity (Wildman–Crippen MR) is 54.4 cm³/mol. The van der Waals surface area contributed by atoms with Gasteiger partial charge in [0, 0.05) is 18.3 Å². The van der Waals surface area contributed by atoms with Crippen molar-refractivity contribution in [2.24, 2.45) is 0 Å². The maximum atomic E-state index is 5.22. The Bertz CT molecular complexity index is 95.1. The van der Waals surface area contributed by atoms with Crippen LogP contribution in [0.4, 0.5) is 0 Å². The van der Waals surface area contributed by atoms with Gasteiger partial charge < -0.3 is 9.64 Å². The van der Waals surface area contributed by atoms with Crippen LogP contribution in [0.15, 0.2) is 0 Å². The molecule has 0 aromatic heterocycles. The Morgan fingerprint density at radius 2 is 1.83 bits per heavy atom. The number of epoxide rings is 1. The Morgan fingerprint density at radius 3 is 1.92 bits per heavy atom. The van der Waals surface area contributed by atoms with E-state index in [1.165, 1.54) is 0 Å². The highest BCUT2D eigenvalue weighted by molar-refractivity contribution is 6.20. The molecule has 0 N–H and O–H groups in total. The van der Waals surface area contributed by atoms with E-state index >= 15 is 0 Å². The SMILES string of the molecule is CN(C)CC1CO1.ClCCCCl. The molecule has 0 bridgehead atoms. The molecule has 1 heterocycles. The van der Waals surface area contributed by atoms with Crippen LogP contribution < -0.4 is 0 Å². The van der Waals surface area contributed by atoms with Crippen molar-refractivity contribution in [3.63, 3.8) is 0 Å². The summed E-state index contributed by atoms with van der Waals surface area (Å²) in [6.45, 7) is 2.05. The third-order valence-corrected chi connectivity index (χ3v) is 1.77. The van der Waals surface area contributed by atoms with Crippen LogP contribution in [-0.4, -0.2) is 50.0 Å². The Hall–Kier alpha value is 0.500. The summed E-state index contributed by atoms with van der Waals surface area (Å²) in [5.41, 5.74) is 0. The maximum Gasteiger partial charge on any atom is 0.0936 e. The van der Waals surface area contributed by atoms with E-state index in [4.69, 9.17) is 27.9 Å². The van der Waals surface area contributed by atoms with Crippen molar-refractivity contribution in [1.29, 1.82) is 0 Å². The van der Waals surface area contributed by atoms with Gasteiger partial charge in [-0.2, -0.15) is 0 Å². The molecule has 0 amide bonds. The summed E-state index contributed by atoms with van der Waals surface area (Å²) in [6, 6.07) is 0. The largest absolute Gasteiger partial charge is 0.372 e. The normalized spacial score (nSPS) is 20.2. The fraction of sp³-hybridized carbons (Fsp3) is 1.00. The number of hydrogen-bond donors (Lipinski definition) is 0. The van der Waals surface area contributed by atoms with Gasteiger partial charge in [0.15, 0.2) is 0 Å². The zero-order valence-electron chi connectivity index (χ0n) is 7.72. The molecule has 1 saturated heterocycles. The number of alkyl halides is 2. The molecule has 1 aliphatic heterocycles. The van der Waals surface area contributed by atoms with Crippen molar-refractivity contribution in [1.82, 2.24) is 4.90 Å². The highest BCUT2D eigenvalue weighted by atomic mass is 35.5. The average Bonchev–Trinajstić information content (AvgIpc) is 2.73. The summed E-state index contributed by atoms with van der Waals surface area (Å²) in [7, 11) is 4.11. The number of ether oxygens (including phenoxy) is 1. The van der Waals surface area contributed by atoms with Gasteiger partial charge >= 0.3 is 0 Å². The van der Waals surface area contributed by atoms with Gasteiger partial charge in [-0.25, -0.2) is 0 Å². The Labute approximate surface area is 84.8 Å². The lowest BCUT2D eigenvalue weighted by atomic mass is 10.5. The minimum Gasteiger partial charge on any atom is -0.372 e. The number of likely N-dealkylation sites (N-methyl/N-ethyl adjacent to an activating group) is 1. The fourth-order valence-corrected chi connectivity index (χ4v) is 1.04. The van der Waals surface area contributed by atoms with E-state index in [9.17, 15) is 0 Å². The van der Waals surface area contributed by atoms with Crippen molar-refractivity contribution < 1.29 is 4.74 Å². The Morgan fingerprint density at radius 1 is 1.33 bits per heavy atom. The molecular weight excluding hydrogens is 197 g/mol. The first-order chi connectivity index (χ1) is 5.70. The molecule has 0 saturated carbocycles. The quantitative estimate of drug-likeness (QED) is 0.524. The van der Waals surface area contributed by atoms with Crippen molar-refractivity contribution in [3.05, 3.63) is 0 Å². The summed E-state index contributed by atoms with van der Waals surface area (Å²) in [5, 5.41) is 0. The molecule has 0 aromatic rings. The highest BCUT2D eigenvalue weighted by Gasteiger charge is 2.22. The van der Waals surface area contributed by atoms with E-state index in [-0.39, 0.29) is 0 Å². The molecule has 4 heteroatoms. The Balaban J connectivity index is 0.000000217. The minimum atomic E-state index is 0.551.